The van der Waals surface area contributed by atoms with Gasteiger partial charge in [0, 0.05) is 24.6 Å². The van der Waals surface area contributed by atoms with Gasteiger partial charge >= 0.3 is 0 Å². The molecule has 0 unspecified atom stereocenters. The Balaban J connectivity index is 2.31. The molecule has 3 aromatic rings. The Kier molecular flexibility index (Phi) is 4.45. The van der Waals surface area contributed by atoms with Crippen molar-refractivity contribution in [1.82, 2.24) is 9.78 Å². The van der Waals surface area contributed by atoms with Crippen LogP contribution in [-0.2, 0) is 0 Å². The first-order chi connectivity index (χ1) is 12.4. The van der Waals surface area contributed by atoms with Gasteiger partial charge in [-0.25, -0.2) is 4.68 Å². The van der Waals surface area contributed by atoms with Crippen molar-refractivity contribution in [2.45, 2.75) is 13.8 Å². The van der Waals surface area contributed by atoms with Crippen molar-refractivity contribution in [2.24, 2.45) is 0 Å². The zero-order valence-corrected chi connectivity index (χ0v) is 14.2. The van der Waals surface area contributed by atoms with Crippen molar-refractivity contribution in [3.63, 3.8) is 0 Å². The van der Waals surface area contributed by atoms with Gasteiger partial charge in [-0.05, 0) is 19.1 Å². The van der Waals surface area contributed by atoms with E-state index >= 15 is 0 Å². The van der Waals surface area contributed by atoms with E-state index in [4.69, 9.17) is 0 Å². The highest BCUT2D eigenvalue weighted by molar-refractivity contribution is 6.10. The van der Waals surface area contributed by atoms with Crippen LogP contribution in [0.5, 0.6) is 0 Å². The highest BCUT2D eigenvalue weighted by atomic mass is 16.6. The summed E-state index contributed by atoms with van der Waals surface area (Å²) in [6, 6.07) is 14.9. The second kappa shape index (κ2) is 6.72. The van der Waals surface area contributed by atoms with Crippen LogP contribution in [0.3, 0.4) is 0 Å². The summed E-state index contributed by atoms with van der Waals surface area (Å²) >= 11 is 0. The third kappa shape index (κ3) is 3.02. The van der Waals surface area contributed by atoms with Crippen LogP contribution >= 0.6 is 0 Å². The normalized spacial score (nSPS) is 10.5. The maximum absolute atomic E-state index is 12.3. The van der Waals surface area contributed by atoms with Gasteiger partial charge in [0.25, 0.3) is 5.69 Å². The molecule has 7 heteroatoms. The second-order valence-corrected chi connectivity index (χ2v) is 5.74. The summed E-state index contributed by atoms with van der Waals surface area (Å²) in [5.41, 5.74) is 1.98. The summed E-state index contributed by atoms with van der Waals surface area (Å²) in [6.07, 6.45) is 0. The Bertz CT molecular complexity index is 1010. The average molecular weight is 349 g/mol. The van der Waals surface area contributed by atoms with E-state index in [1.54, 1.807) is 0 Å². The standard InChI is InChI=1S/C19H15N3O4/c1-12(23)17-18(13(2)24)20-21(19(17)14-6-4-3-5-7-14)15-8-10-16(11-9-15)22(25)26/h3-11H,1-2H3. The minimum absolute atomic E-state index is 0.0549. The Morgan fingerprint density at radius 2 is 1.58 bits per heavy atom. The number of nitro groups is 1. The minimum atomic E-state index is -0.493. The molecule has 0 aliphatic heterocycles. The average Bonchev–Trinajstić information content (AvgIpc) is 3.03. The number of hydrogen-bond donors (Lipinski definition) is 0. The van der Waals surface area contributed by atoms with Crippen molar-refractivity contribution in [2.75, 3.05) is 0 Å². The highest BCUT2D eigenvalue weighted by Gasteiger charge is 2.25. The number of ketones is 2. The van der Waals surface area contributed by atoms with Gasteiger partial charge in [0.1, 0.15) is 5.69 Å². The SMILES string of the molecule is CC(=O)c1nn(-c2ccc([N+](=O)[O-])cc2)c(-c2ccccc2)c1C(C)=O. The lowest BCUT2D eigenvalue weighted by atomic mass is 10.0. The van der Waals surface area contributed by atoms with Crippen LogP contribution in [0, 0.1) is 10.1 Å². The molecule has 0 amide bonds. The maximum Gasteiger partial charge on any atom is 0.269 e. The molecule has 0 aliphatic rings. The fraction of sp³-hybridized carbons (Fsp3) is 0.105. The number of carbonyl (C=O) groups is 2. The van der Waals surface area contributed by atoms with E-state index in [0.717, 1.165) is 5.56 Å². The lowest BCUT2D eigenvalue weighted by Crippen LogP contribution is -2.03. The number of benzene rings is 2. The molecule has 1 heterocycles. The molecule has 3 rings (SSSR count). The molecule has 0 spiro atoms. The molecule has 0 bridgehead atoms. The third-order valence-corrected chi connectivity index (χ3v) is 3.92. The minimum Gasteiger partial charge on any atom is -0.294 e. The van der Waals surface area contributed by atoms with Crippen LogP contribution in [0.2, 0.25) is 0 Å². The van der Waals surface area contributed by atoms with Gasteiger partial charge in [-0.3, -0.25) is 19.7 Å². The van der Waals surface area contributed by atoms with Crippen molar-refractivity contribution in [1.29, 1.82) is 0 Å². The number of carbonyl (C=O) groups excluding carboxylic acids is 2. The number of Topliss-reactive ketones (excluding diaryl/α,β-unsaturated/α-hetero) is 2. The largest absolute Gasteiger partial charge is 0.294 e. The summed E-state index contributed by atoms with van der Waals surface area (Å²) in [5.74, 6) is -0.602. The molecule has 0 saturated heterocycles. The molecule has 1 aromatic heterocycles. The van der Waals surface area contributed by atoms with Gasteiger partial charge in [-0.15, -0.1) is 0 Å². The second-order valence-electron chi connectivity index (χ2n) is 5.74. The molecule has 2 aromatic carbocycles. The van der Waals surface area contributed by atoms with E-state index in [1.165, 1.54) is 42.8 Å². The monoisotopic (exact) mass is 349 g/mol. The van der Waals surface area contributed by atoms with Crippen LogP contribution in [0.25, 0.3) is 16.9 Å². The molecular formula is C19H15N3O4. The van der Waals surface area contributed by atoms with E-state index < -0.39 is 4.92 Å². The molecule has 7 nitrogen and oxygen atoms in total. The van der Waals surface area contributed by atoms with Crippen LogP contribution in [-0.4, -0.2) is 26.3 Å². The topological polar surface area (TPSA) is 95.1 Å². The van der Waals surface area contributed by atoms with Crippen LogP contribution in [0.15, 0.2) is 54.6 Å². The van der Waals surface area contributed by atoms with Gasteiger partial charge in [-0.2, -0.15) is 5.10 Å². The number of non-ortho nitro benzene ring substituents is 1. The molecule has 0 saturated carbocycles. The van der Waals surface area contributed by atoms with E-state index in [9.17, 15) is 19.7 Å². The summed E-state index contributed by atoms with van der Waals surface area (Å²) in [5, 5.41) is 15.2. The number of nitrogens with zero attached hydrogens (tertiary/aromatic N) is 3. The Labute approximate surface area is 149 Å². The molecule has 0 aliphatic carbocycles. The van der Waals surface area contributed by atoms with Crippen molar-refractivity contribution in [3.8, 4) is 16.9 Å². The van der Waals surface area contributed by atoms with E-state index in [2.05, 4.69) is 5.10 Å². The van der Waals surface area contributed by atoms with Crippen molar-refractivity contribution >= 4 is 17.3 Å². The first-order valence-electron chi connectivity index (χ1n) is 7.85. The zero-order chi connectivity index (χ0) is 18.8. The van der Waals surface area contributed by atoms with E-state index in [1.807, 2.05) is 30.3 Å². The fourth-order valence-electron chi connectivity index (χ4n) is 2.76. The Morgan fingerprint density at radius 3 is 2.08 bits per heavy atom. The van der Waals surface area contributed by atoms with Gasteiger partial charge < -0.3 is 0 Å². The number of hydrogen-bond acceptors (Lipinski definition) is 5. The van der Waals surface area contributed by atoms with Crippen LogP contribution < -0.4 is 0 Å². The molecule has 26 heavy (non-hydrogen) atoms. The van der Waals surface area contributed by atoms with Gasteiger partial charge in [0.2, 0.25) is 0 Å². The summed E-state index contributed by atoms with van der Waals surface area (Å²) in [4.78, 5) is 34.7. The number of rotatable bonds is 5. The third-order valence-electron chi connectivity index (χ3n) is 3.92. The summed E-state index contributed by atoms with van der Waals surface area (Å²) in [7, 11) is 0. The number of aromatic nitrogens is 2. The molecule has 0 N–H and O–H groups in total. The van der Waals surface area contributed by atoms with E-state index in [-0.39, 0.29) is 28.5 Å². The molecule has 0 radical (unpaired) electrons. The summed E-state index contributed by atoms with van der Waals surface area (Å²) < 4.78 is 1.48. The maximum atomic E-state index is 12.3. The predicted octanol–water partition coefficient (Wildman–Crippen LogP) is 3.85. The zero-order valence-electron chi connectivity index (χ0n) is 14.2. The van der Waals surface area contributed by atoms with Crippen molar-refractivity contribution < 1.29 is 14.5 Å². The summed E-state index contributed by atoms with van der Waals surface area (Å²) in [6.45, 7) is 2.74. The van der Waals surface area contributed by atoms with Gasteiger partial charge in [-0.1, -0.05) is 30.3 Å². The molecule has 130 valence electrons. The quantitative estimate of drug-likeness (QED) is 0.396. The number of nitro benzene ring substituents is 1. The van der Waals surface area contributed by atoms with Crippen molar-refractivity contribution in [3.05, 3.63) is 76.0 Å². The van der Waals surface area contributed by atoms with Gasteiger partial charge in [0.05, 0.1) is 21.9 Å². The highest BCUT2D eigenvalue weighted by Crippen LogP contribution is 2.30. The van der Waals surface area contributed by atoms with Gasteiger partial charge in [0.15, 0.2) is 11.6 Å². The first kappa shape index (κ1) is 17.2. The Hall–Kier alpha value is -3.61. The Morgan fingerprint density at radius 1 is 0.962 bits per heavy atom. The lowest BCUT2D eigenvalue weighted by molar-refractivity contribution is -0.384. The smallest absolute Gasteiger partial charge is 0.269 e. The van der Waals surface area contributed by atoms with Crippen LogP contribution in [0.4, 0.5) is 5.69 Å². The molecular weight excluding hydrogens is 334 g/mol. The lowest BCUT2D eigenvalue weighted by Gasteiger charge is -2.09. The van der Waals surface area contributed by atoms with E-state index in [0.29, 0.717) is 11.4 Å². The predicted molar refractivity (Wildman–Crippen MR) is 95.7 cm³/mol. The first-order valence-corrected chi connectivity index (χ1v) is 7.85. The van der Waals surface area contributed by atoms with Crippen LogP contribution in [0.1, 0.15) is 34.7 Å². The fourth-order valence-corrected chi connectivity index (χ4v) is 2.76. The molecule has 0 atom stereocenters. The molecule has 0 fully saturated rings.